The van der Waals surface area contributed by atoms with Crippen LogP contribution >= 0.6 is 0 Å². The first kappa shape index (κ1) is 71.1. The lowest BCUT2D eigenvalue weighted by Crippen LogP contribution is -2.45. The smallest absolute Gasteiger partial charge is 0.220 e. The molecule has 1 amide bonds. The van der Waals surface area contributed by atoms with Crippen molar-refractivity contribution in [2.75, 3.05) is 6.61 Å². The minimum atomic E-state index is -0.864. The number of aliphatic hydroxyl groups excluding tert-OH is 2. The fraction of sp³-hybridized carbons (Fsp3) is 0.841. The number of hydrogen-bond acceptors (Lipinski definition) is 3. The lowest BCUT2D eigenvalue weighted by atomic mass is 10.0. The van der Waals surface area contributed by atoms with Crippen molar-refractivity contribution in [2.45, 2.75) is 366 Å². The van der Waals surface area contributed by atoms with E-state index < -0.39 is 12.1 Å². The maximum atomic E-state index is 12.5. The van der Waals surface area contributed by atoms with Crippen LogP contribution in [-0.4, -0.2) is 34.9 Å². The summed E-state index contributed by atoms with van der Waals surface area (Å²) >= 11 is 0. The third-order valence-corrected chi connectivity index (χ3v) is 15.2. The Morgan fingerprint density at radius 1 is 0.329 bits per heavy atom. The molecule has 0 saturated carbocycles. The summed E-state index contributed by atoms with van der Waals surface area (Å²) in [5, 5.41) is 23.2. The number of allylic oxidation sites excluding steroid dienone is 9. The summed E-state index contributed by atoms with van der Waals surface area (Å²) in [6.45, 7) is 4.32. The van der Waals surface area contributed by atoms with Gasteiger partial charge in [-0.3, -0.25) is 4.79 Å². The van der Waals surface area contributed by atoms with Crippen LogP contribution in [-0.2, 0) is 4.79 Å². The Morgan fingerprint density at radius 2 is 0.575 bits per heavy atom. The highest BCUT2D eigenvalue weighted by Crippen LogP contribution is 2.18. The first-order chi connectivity index (χ1) is 36.2. The van der Waals surface area contributed by atoms with Gasteiger partial charge in [-0.2, -0.15) is 0 Å². The zero-order chi connectivity index (χ0) is 52.7. The lowest BCUT2D eigenvalue weighted by Gasteiger charge is -2.19. The molecule has 3 N–H and O–H groups in total. The highest BCUT2D eigenvalue weighted by atomic mass is 16.3. The van der Waals surface area contributed by atoms with Crippen molar-refractivity contribution in [3.8, 4) is 0 Å². The van der Waals surface area contributed by atoms with Crippen molar-refractivity contribution >= 4 is 5.91 Å². The van der Waals surface area contributed by atoms with Gasteiger partial charge in [0.25, 0.3) is 0 Å². The summed E-state index contributed by atoms with van der Waals surface area (Å²) in [6.07, 6.45) is 91.5. The maximum Gasteiger partial charge on any atom is 0.220 e. The summed E-state index contributed by atoms with van der Waals surface area (Å²) in [6, 6.07) is -0.641. The normalized spacial score (nSPS) is 13.1. The SMILES string of the molecule is CCCCCCC/C=C\C/C=C\C/C=C\CCCCCCCCCCCCCCCCCCCCCCC(=O)NC(CO)C(O)/C=C/CC/C=C/CCCCCCCCCCCCCCCCCCCCCC. The van der Waals surface area contributed by atoms with Gasteiger partial charge in [-0.05, 0) is 70.6 Å². The third kappa shape index (κ3) is 60.8. The highest BCUT2D eigenvalue weighted by molar-refractivity contribution is 5.76. The van der Waals surface area contributed by atoms with Gasteiger partial charge in [-0.15, -0.1) is 0 Å². The molecule has 0 rings (SSSR count). The van der Waals surface area contributed by atoms with Gasteiger partial charge < -0.3 is 15.5 Å². The Morgan fingerprint density at radius 3 is 0.890 bits per heavy atom. The van der Waals surface area contributed by atoms with Crippen LogP contribution in [0.3, 0.4) is 0 Å². The van der Waals surface area contributed by atoms with E-state index >= 15 is 0 Å². The molecule has 0 aromatic heterocycles. The Kier molecular flexibility index (Phi) is 62.7. The molecule has 0 radical (unpaired) electrons. The van der Waals surface area contributed by atoms with Gasteiger partial charge in [0.05, 0.1) is 18.8 Å². The van der Waals surface area contributed by atoms with E-state index in [1.807, 2.05) is 6.08 Å². The van der Waals surface area contributed by atoms with Crippen LogP contribution in [0.2, 0.25) is 0 Å². The Bertz CT molecular complexity index is 1200. The minimum absolute atomic E-state index is 0.0684. The fourth-order valence-corrected chi connectivity index (χ4v) is 10.2. The largest absolute Gasteiger partial charge is 0.394 e. The van der Waals surface area contributed by atoms with E-state index in [2.05, 4.69) is 67.8 Å². The Hall–Kier alpha value is -1.91. The van der Waals surface area contributed by atoms with Crippen LogP contribution in [0.5, 0.6) is 0 Å². The molecule has 4 heteroatoms. The number of nitrogens with one attached hydrogen (secondary N) is 1. The molecule has 0 bridgehead atoms. The molecule has 0 aliphatic heterocycles. The molecule has 0 spiro atoms. The lowest BCUT2D eigenvalue weighted by molar-refractivity contribution is -0.123. The van der Waals surface area contributed by atoms with Crippen LogP contribution in [0.15, 0.2) is 60.8 Å². The zero-order valence-corrected chi connectivity index (χ0v) is 49.4. The Labute approximate surface area is 457 Å². The van der Waals surface area contributed by atoms with Gasteiger partial charge in [-0.1, -0.05) is 338 Å². The fourth-order valence-electron chi connectivity index (χ4n) is 10.2. The summed E-state index contributed by atoms with van der Waals surface area (Å²) < 4.78 is 0. The number of unbranched alkanes of at least 4 members (excludes halogenated alkanes) is 46. The van der Waals surface area contributed by atoms with Gasteiger partial charge >= 0.3 is 0 Å². The molecule has 428 valence electrons. The molecule has 2 atom stereocenters. The van der Waals surface area contributed by atoms with E-state index in [9.17, 15) is 15.0 Å². The summed E-state index contributed by atoms with van der Waals surface area (Å²) in [5.41, 5.74) is 0. The number of amides is 1. The maximum absolute atomic E-state index is 12.5. The van der Waals surface area contributed by atoms with Gasteiger partial charge in [0.15, 0.2) is 0 Å². The van der Waals surface area contributed by atoms with Crippen LogP contribution < -0.4 is 5.32 Å². The molecule has 2 unspecified atom stereocenters. The minimum Gasteiger partial charge on any atom is -0.394 e. The molecule has 0 aliphatic rings. The Balaban J connectivity index is 3.47. The second-order valence-electron chi connectivity index (χ2n) is 22.5. The van der Waals surface area contributed by atoms with Gasteiger partial charge in [-0.25, -0.2) is 0 Å². The molecular weight excluding hydrogens is 891 g/mol. The van der Waals surface area contributed by atoms with Crippen LogP contribution in [0.25, 0.3) is 0 Å². The average Bonchev–Trinajstić information content (AvgIpc) is 3.40. The molecule has 0 aliphatic carbocycles. The van der Waals surface area contributed by atoms with E-state index in [1.54, 1.807) is 6.08 Å². The van der Waals surface area contributed by atoms with Crippen molar-refractivity contribution in [1.29, 1.82) is 0 Å². The number of rotatable bonds is 61. The van der Waals surface area contributed by atoms with Crippen molar-refractivity contribution in [1.82, 2.24) is 5.32 Å². The van der Waals surface area contributed by atoms with Gasteiger partial charge in [0.2, 0.25) is 5.91 Å². The van der Waals surface area contributed by atoms with E-state index in [0.29, 0.717) is 6.42 Å². The van der Waals surface area contributed by atoms with E-state index in [0.717, 1.165) is 44.9 Å². The molecular formula is C69H129NO3. The summed E-state index contributed by atoms with van der Waals surface area (Å²) in [5.74, 6) is -0.0684. The predicted molar refractivity (Wildman–Crippen MR) is 327 cm³/mol. The van der Waals surface area contributed by atoms with Gasteiger partial charge in [0, 0.05) is 6.42 Å². The molecule has 0 aromatic carbocycles. The van der Waals surface area contributed by atoms with Crippen molar-refractivity contribution in [3.05, 3.63) is 60.8 Å². The topological polar surface area (TPSA) is 69.6 Å². The van der Waals surface area contributed by atoms with Crippen molar-refractivity contribution < 1.29 is 15.0 Å². The average molecular weight is 1020 g/mol. The molecule has 0 aromatic rings. The van der Waals surface area contributed by atoms with E-state index in [-0.39, 0.29) is 12.5 Å². The molecule has 0 saturated heterocycles. The standard InChI is InChI=1S/C69H129NO3/c1-3-5-7-9-11-13-15-17-19-21-23-25-27-29-31-32-33-34-35-36-37-38-39-41-43-45-47-49-51-53-55-57-59-61-63-65-69(73)70-67(66-71)68(72)64-62-60-58-56-54-52-50-48-46-44-42-40-30-28-26-24-22-20-18-16-14-12-10-8-6-4-2/h15,17,21,23,27,29,54,56,62,64,67-68,71-72H,3-14,16,18-20,22,24-26,28,30-53,55,57-61,63,65-66H2,1-2H3,(H,70,73)/b17-15-,23-21-,29-27-,56-54+,64-62+. The number of hydrogen-bond donors (Lipinski definition) is 3. The monoisotopic (exact) mass is 1020 g/mol. The zero-order valence-electron chi connectivity index (χ0n) is 49.4. The van der Waals surface area contributed by atoms with Crippen LogP contribution in [0.4, 0.5) is 0 Å². The third-order valence-electron chi connectivity index (χ3n) is 15.2. The van der Waals surface area contributed by atoms with Crippen LogP contribution in [0, 0.1) is 0 Å². The summed E-state index contributed by atoms with van der Waals surface area (Å²) in [4.78, 5) is 12.5. The second-order valence-corrected chi connectivity index (χ2v) is 22.5. The van der Waals surface area contributed by atoms with Crippen molar-refractivity contribution in [3.63, 3.8) is 0 Å². The predicted octanol–water partition coefficient (Wildman–Crippen LogP) is 22.3. The molecule has 4 nitrogen and oxygen atoms in total. The van der Waals surface area contributed by atoms with E-state index in [4.69, 9.17) is 0 Å². The number of carbonyl (C=O) groups excluding carboxylic acids is 1. The van der Waals surface area contributed by atoms with Crippen molar-refractivity contribution in [2.24, 2.45) is 0 Å². The molecule has 0 heterocycles. The first-order valence-electron chi connectivity index (χ1n) is 33.0. The number of carbonyl (C=O) groups is 1. The molecule has 73 heavy (non-hydrogen) atoms. The number of aliphatic hydroxyl groups is 2. The second kappa shape index (κ2) is 64.4. The highest BCUT2D eigenvalue weighted by Gasteiger charge is 2.18. The van der Waals surface area contributed by atoms with Gasteiger partial charge in [0.1, 0.15) is 0 Å². The van der Waals surface area contributed by atoms with Crippen LogP contribution in [0.1, 0.15) is 354 Å². The quantitative estimate of drug-likeness (QED) is 0.0420. The summed E-state index contributed by atoms with van der Waals surface area (Å²) in [7, 11) is 0. The first-order valence-corrected chi connectivity index (χ1v) is 33.0. The molecule has 0 fully saturated rings. The van der Waals surface area contributed by atoms with E-state index in [1.165, 1.54) is 289 Å².